The van der Waals surface area contributed by atoms with Crippen LogP contribution in [0.25, 0.3) is 0 Å². The molecule has 0 aromatic carbocycles. The SMILES string of the molecule is CCCCCCCC(=O)O[C@@]12CC(C)C34C=C(C)[C@H](O)[C@@]3(O)[C@H](O)C(COC(=O)C(C)C(C)C)=C[C@H](C4=O)[C@@H]1C2(C)C. The summed E-state index contributed by atoms with van der Waals surface area (Å²) in [6.07, 6.45) is 5.73. The van der Waals surface area contributed by atoms with E-state index in [0.29, 0.717) is 18.4 Å². The number of hydrogen-bond donors (Lipinski definition) is 3. The van der Waals surface area contributed by atoms with Crippen LogP contribution in [0.4, 0.5) is 0 Å². The average molecular weight is 589 g/mol. The number of rotatable bonds is 11. The quantitative estimate of drug-likeness (QED) is 0.180. The van der Waals surface area contributed by atoms with E-state index in [2.05, 4.69) is 6.92 Å². The summed E-state index contributed by atoms with van der Waals surface area (Å²) in [5.74, 6) is -3.18. The van der Waals surface area contributed by atoms with Gasteiger partial charge in [-0.2, -0.15) is 0 Å². The molecular formula is C34H52O8. The monoisotopic (exact) mass is 588 g/mol. The highest BCUT2D eigenvalue weighted by molar-refractivity contribution is 5.96. The number of ether oxygens (including phenoxy) is 2. The highest BCUT2D eigenvalue weighted by Gasteiger charge is 2.83. The molecular weight excluding hydrogens is 536 g/mol. The third-order valence-corrected chi connectivity index (χ3v) is 11.4. The topological polar surface area (TPSA) is 130 Å². The van der Waals surface area contributed by atoms with E-state index >= 15 is 0 Å². The first-order chi connectivity index (χ1) is 19.5. The minimum absolute atomic E-state index is 0.0425. The number of esters is 2. The normalized spacial score (nSPS) is 38.9. The van der Waals surface area contributed by atoms with E-state index in [9.17, 15) is 29.7 Å². The minimum atomic E-state index is -2.27. The zero-order valence-corrected chi connectivity index (χ0v) is 26.7. The van der Waals surface area contributed by atoms with Crippen LogP contribution < -0.4 is 0 Å². The fourth-order valence-corrected chi connectivity index (χ4v) is 8.40. The van der Waals surface area contributed by atoms with Crippen LogP contribution in [0.1, 0.15) is 100 Å². The number of allylic oxidation sites excluding steroid dienone is 1. The summed E-state index contributed by atoms with van der Waals surface area (Å²) in [6, 6.07) is 0. The van der Waals surface area contributed by atoms with Gasteiger partial charge in [0.2, 0.25) is 0 Å². The molecule has 2 saturated carbocycles. The Morgan fingerprint density at radius 2 is 1.71 bits per heavy atom. The van der Waals surface area contributed by atoms with Crippen LogP contribution in [0.3, 0.4) is 0 Å². The number of fused-ring (bicyclic) bond motifs is 3. The predicted octanol–water partition coefficient (Wildman–Crippen LogP) is 4.68. The van der Waals surface area contributed by atoms with Crippen molar-refractivity contribution in [3.63, 3.8) is 0 Å². The van der Waals surface area contributed by atoms with Crippen LogP contribution in [0.2, 0.25) is 0 Å². The standard InChI is InChI=1S/C34H52O8/c1-9-10-11-12-13-14-25(35)42-33-17-21(5)32-16-20(4)27(36)34(32,40)28(37)23(18-41-30(39)22(6)19(2)3)15-24(29(32)38)26(33)31(33,7)8/h15-16,19,21-22,24,26-28,36-37,40H,9-14,17-18H2,1-8H3/t21?,22?,24-,26+,27-,28+,32?,33-,34+/m0/s1. The second-order valence-electron chi connectivity index (χ2n) is 14.5. The summed E-state index contributed by atoms with van der Waals surface area (Å²) < 4.78 is 12.0. The Morgan fingerprint density at radius 1 is 1.07 bits per heavy atom. The molecule has 9 atom stereocenters. The summed E-state index contributed by atoms with van der Waals surface area (Å²) in [5.41, 5.74) is -4.80. The first-order valence-electron chi connectivity index (χ1n) is 16.0. The first kappa shape index (κ1) is 32.9. The molecule has 0 amide bonds. The lowest BCUT2D eigenvalue weighted by Crippen LogP contribution is -2.65. The Labute approximate surface area is 250 Å². The first-order valence-corrected chi connectivity index (χ1v) is 16.0. The number of ketones is 1. The van der Waals surface area contributed by atoms with Crippen molar-refractivity contribution in [3.05, 3.63) is 23.3 Å². The highest BCUT2D eigenvalue weighted by Crippen LogP contribution is 2.75. The zero-order valence-electron chi connectivity index (χ0n) is 26.7. The Bertz CT molecular complexity index is 1150. The van der Waals surface area contributed by atoms with Gasteiger partial charge in [0.1, 0.15) is 30.0 Å². The van der Waals surface area contributed by atoms with E-state index < -0.39 is 58.0 Å². The van der Waals surface area contributed by atoms with Gasteiger partial charge < -0.3 is 24.8 Å². The Kier molecular flexibility index (Phi) is 8.98. The fraction of sp³-hybridized carbons (Fsp3) is 0.794. The molecule has 4 rings (SSSR count). The van der Waals surface area contributed by atoms with Crippen molar-refractivity contribution >= 4 is 17.7 Å². The van der Waals surface area contributed by atoms with Gasteiger partial charge in [0.15, 0.2) is 5.78 Å². The van der Waals surface area contributed by atoms with Gasteiger partial charge in [-0.05, 0) is 42.7 Å². The number of carbonyl (C=O) groups excluding carboxylic acids is 3. The molecule has 8 nitrogen and oxygen atoms in total. The number of aliphatic hydroxyl groups excluding tert-OH is 2. The summed E-state index contributed by atoms with van der Waals surface area (Å²) in [6.45, 7) is 14.9. The fourth-order valence-electron chi connectivity index (χ4n) is 8.40. The van der Waals surface area contributed by atoms with E-state index in [-0.39, 0.29) is 35.8 Å². The summed E-state index contributed by atoms with van der Waals surface area (Å²) in [5, 5.41) is 35.4. The second-order valence-corrected chi connectivity index (χ2v) is 14.5. The molecule has 3 N–H and O–H groups in total. The van der Waals surface area contributed by atoms with Gasteiger partial charge in [-0.3, -0.25) is 14.4 Å². The molecule has 0 aromatic rings. The number of carbonyl (C=O) groups is 3. The molecule has 8 heteroatoms. The smallest absolute Gasteiger partial charge is 0.309 e. The van der Waals surface area contributed by atoms with E-state index in [1.54, 1.807) is 26.0 Å². The maximum absolute atomic E-state index is 14.7. The largest absolute Gasteiger partial charge is 0.461 e. The second kappa shape index (κ2) is 11.5. The molecule has 0 saturated heterocycles. The third-order valence-electron chi connectivity index (χ3n) is 11.4. The van der Waals surface area contributed by atoms with Crippen molar-refractivity contribution in [1.82, 2.24) is 0 Å². The molecule has 2 fully saturated rings. The van der Waals surface area contributed by atoms with E-state index in [1.807, 2.05) is 34.6 Å². The number of aliphatic hydroxyl groups is 3. The number of hydrogen-bond acceptors (Lipinski definition) is 8. The Balaban J connectivity index is 1.74. The van der Waals surface area contributed by atoms with Gasteiger partial charge in [-0.1, -0.05) is 86.3 Å². The minimum Gasteiger partial charge on any atom is -0.461 e. The van der Waals surface area contributed by atoms with Crippen molar-refractivity contribution < 1.29 is 39.2 Å². The third kappa shape index (κ3) is 4.71. The molecule has 0 radical (unpaired) electrons. The summed E-state index contributed by atoms with van der Waals surface area (Å²) >= 11 is 0. The molecule has 4 aliphatic carbocycles. The van der Waals surface area contributed by atoms with Crippen LogP contribution in [0, 0.1) is 40.4 Å². The lowest BCUT2D eigenvalue weighted by Gasteiger charge is -2.48. The number of Topliss-reactive ketones (excluding diaryl/α,β-unsaturated/α-hetero) is 1. The van der Waals surface area contributed by atoms with Gasteiger partial charge in [0, 0.05) is 23.7 Å². The van der Waals surface area contributed by atoms with Gasteiger partial charge in [-0.25, -0.2) is 0 Å². The van der Waals surface area contributed by atoms with Crippen LogP contribution in [-0.4, -0.2) is 63.1 Å². The van der Waals surface area contributed by atoms with Crippen molar-refractivity contribution in [3.8, 4) is 0 Å². The maximum Gasteiger partial charge on any atom is 0.309 e. The predicted molar refractivity (Wildman–Crippen MR) is 158 cm³/mol. The summed E-state index contributed by atoms with van der Waals surface area (Å²) in [7, 11) is 0. The van der Waals surface area contributed by atoms with Crippen molar-refractivity contribution in [2.75, 3.05) is 6.61 Å². The Hall–Kier alpha value is -2.03. The highest BCUT2D eigenvalue weighted by atomic mass is 16.6. The van der Waals surface area contributed by atoms with E-state index in [4.69, 9.17) is 9.47 Å². The van der Waals surface area contributed by atoms with Gasteiger partial charge >= 0.3 is 11.9 Å². The van der Waals surface area contributed by atoms with Crippen molar-refractivity contribution in [1.29, 1.82) is 0 Å². The van der Waals surface area contributed by atoms with Crippen LogP contribution in [0.5, 0.6) is 0 Å². The molecule has 2 bridgehead atoms. The molecule has 0 heterocycles. The molecule has 3 unspecified atom stereocenters. The molecule has 0 aromatic heterocycles. The van der Waals surface area contributed by atoms with Crippen molar-refractivity contribution in [2.45, 2.75) is 124 Å². The molecule has 42 heavy (non-hydrogen) atoms. The van der Waals surface area contributed by atoms with E-state index in [1.165, 1.54) is 0 Å². The molecule has 236 valence electrons. The lowest BCUT2D eigenvalue weighted by molar-refractivity contribution is -0.192. The average Bonchev–Trinajstić information content (AvgIpc) is 3.34. The van der Waals surface area contributed by atoms with Gasteiger partial charge in [-0.15, -0.1) is 0 Å². The molecule has 4 aliphatic rings. The van der Waals surface area contributed by atoms with E-state index in [0.717, 1.165) is 32.1 Å². The maximum atomic E-state index is 14.7. The lowest BCUT2D eigenvalue weighted by atomic mass is 9.59. The molecule has 1 spiro atoms. The van der Waals surface area contributed by atoms with Crippen molar-refractivity contribution in [2.24, 2.45) is 40.4 Å². The number of unbranched alkanes of at least 4 members (excludes halogenated alkanes) is 4. The van der Waals surface area contributed by atoms with Crippen LogP contribution >= 0.6 is 0 Å². The van der Waals surface area contributed by atoms with Gasteiger partial charge in [0.25, 0.3) is 0 Å². The summed E-state index contributed by atoms with van der Waals surface area (Å²) in [4.78, 5) is 40.7. The zero-order chi connectivity index (χ0) is 31.4. The van der Waals surface area contributed by atoms with Gasteiger partial charge in [0.05, 0.1) is 11.3 Å². The Morgan fingerprint density at radius 3 is 2.33 bits per heavy atom. The van der Waals surface area contributed by atoms with Crippen LogP contribution in [0.15, 0.2) is 23.3 Å². The molecule has 0 aliphatic heterocycles. The van der Waals surface area contributed by atoms with Crippen LogP contribution in [-0.2, 0) is 23.9 Å².